The molecule has 2 rings (SSSR count). The Labute approximate surface area is 120 Å². The molecule has 0 bridgehead atoms. The lowest BCUT2D eigenvalue weighted by molar-refractivity contribution is -0.118. The Kier molecular flexibility index (Phi) is 5.88. The van der Waals surface area contributed by atoms with E-state index in [2.05, 4.69) is 25.5 Å². The molecule has 0 aromatic carbocycles. The molecule has 1 unspecified atom stereocenters. The second-order valence-corrected chi connectivity index (χ2v) is 5.13. The van der Waals surface area contributed by atoms with E-state index in [9.17, 15) is 4.79 Å². The average molecular weight is 277 g/mol. The minimum Gasteiger partial charge on any atom is -0.320 e. The third-order valence-electron chi connectivity index (χ3n) is 3.64. The molecule has 1 saturated heterocycles. The van der Waals surface area contributed by atoms with Crippen LogP contribution in [0.3, 0.4) is 0 Å². The van der Waals surface area contributed by atoms with Crippen molar-refractivity contribution in [2.45, 2.75) is 31.7 Å². The van der Waals surface area contributed by atoms with Crippen LogP contribution in [0.25, 0.3) is 0 Å². The molecule has 6 heteroatoms. The zero-order chi connectivity index (χ0) is 14.2. The van der Waals surface area contributed by atoms with Gasteiger partial charge in [0.15, 0.2) is 0 Å². The van der Waals surface area contributed by atoms with Gasteiger partial charge in [-0.2, -0.15) is 0 Å². The van der Waals surface area contributed by atoms with Gasteiger partial charge in [0.1, 0.15) is 0 Å². The lowest BCUT2D eigenvalue weighted by Crippen LogP contribution is -2.45. The summed E-state index contributed by atoms with van der Waals surface area (Å²) in [5.41, 5.74) is 0. The first-order valence-corrected chi connectivity index (χ1v) is 7.25. The standard InChI is InChI=1S/C14H23N5O/c1-15-9-6-12-5-2-3-10-19(12)11-13(20)18-14-16-7-4-8-17-14/h4,7-8,12,15H,2-3,5-6,9-11H2,1H3,(H,16,17,18,20). The summed E-state index contributed by atoms with van der Waals surface area (Å²) in [4.78, 5) is 22.3. The van der Waals surface area contributed by atoms with Gasteiger partial charge in [-0.1, -0.05) is 6.42 Å². The first-order chi connectivity index (χ1) is 9.79. The molecule has 1 aliphatic rings. The molecule has 20 heavy (non-hydrogen) atoms. The first kappa shape index (κ1) is 14.9. The van der Waals surface area contributed by atoms with E-state index in [1.807, 2.05) is 7.05 Å². The third-order valence-corrected chi connectivity index (χ3v) is 3.64. The van der Waals surface area contributed by atoms with Crippen molar-refractivity contribution < 1.29 is 4.79 Å². The molecule has 1 aromatic rings. The van der Waals surface area contributed by atoms with Crippen molar-refractivity contribution in [1.29, 1.82) is 0 Å². The molecule has 0 radical (unpaired) electrons. The molecule has 110 valence electrons. The van der Waals surface area contributed by atoms with Gasteiger partial charge in [-0.3, -0.25) is 15.0 Å². The molecule has 1 amide bonds. The van der Waals surface area contributed by atoms with Crippen molar-refractivity contribution >= 4 is 11.9 Å². The summed E-state index contributed by atoms with van der Waals surface area (Å²) in [5.74, 6) is 0.342. The minimum atomic E-state index is -0.0347. The quantitative estimate of drug-likeness (QED) is 0.808. The number of likely N-dealkylation sites (tertiary alicyclic amines) is 1. The van der Waals surface area contributed by atoms with Crippen molar-refractivity contribution in [1.82, 2.24) is 20.2 Å². The van der Waals surface area contributed by atoms with E-state index >= 15 is 0 Å². The second kappa shape index (κ2) is 7.91. The average Bonchev–Trinajstić information content (AvgIpc) is 2.47. The normalized spacial score (nSPS) is 19.8. The van der Waals surface area contributed by atoms with Gasteiger partial charge in [0, 0.05) is 18.4 Å². The van der Waals surface area contributed by atoms with Gasteiger partial charge in [0.25, 0.3) is 0 Å². The molecule has 2 heterocycles. The van der Waals surface area contributed by atoms with Crippen LogP contribution in [0.1, 0.15) is 25.7 Å². The van der Waals surface area contributed by atoms with E-state index in [1.54, 1.807) is 18.5 Å². The second-order valence-electron chi connectivity index (χ2n) is 5.13. The highest BCUT2D eigenvalue weighted by Gasteiger charge is 2.23. The van der Waals surface area contributed by atoms with Crippen molar-refractivity contribution in [3.05, 3.63) is 18.5 Å². The molecule has 0 saturated carbocycles. The van der Waals surface area contributed by atoms with Gasteiger partial charge in [0.2, 0.25) is 11.9 Å². The summed E-state index contributed by atoms with van der Waals surface area (Å²) in [6.07, 6.45) is 7.94. The maximum Gasteiger partial charge on any atom is 0.240 e. The lowest BCUT2D eigenvalue weighted by atomic mass is 9.99. The maximum atomic E-state index is 12.1. The number of carbonyl (C=O) groups is 1. The van der Waals surface area contributed by atoms with Crippen LogP contribution in [-0.4, -0.2) is 53.5 Å². The topological polar surface area (TPSA) is 70.2 Å². The SMILES string of the molecule is CNCCC1CCCCN1CC(=O)Nc1ncccn1. The number of amides is 1. The smallest absolute Gasteiger partial charge is 0.240 e. The Balaban J connectivity index is 1.84. The van der Waals surface area contributed by atoms with Crippen LogP contribution in [0.5, 0.6) is 0 Å². The molecular formula is C14H23N5O. The van der Waals surface area contributed by atoms with Crippen LogP contribution in [0, 0.1) is 0 Å². The number of carbonyl (C=O) groups excluding carboxylic acids is 1. The molecule has 0 aliphatic carbocycles. The van der Waals surface area contributed by atoms with E-state index < -0.39 is 0 Å². The lowest BCUT2D eigenvalue weighted by Gasteiger charge is -2.35. The molecule has 6 nitrogen and oxygen atoms in total. The van der Waals surface area contributed by atoms with Gasteiger partial charge >= 0.3 is 0 Å². The number of nitrogens with zero attached hydrogens (tertiary/aromatic N) is 3. The van der Waals surface area contributed by atoms with E-state index in [0.29, 0.717) is 18.5 Å². The van der Waals surface area contributed by atoms with E-state index in [0.717, 1.165) is 19.5 Å². The Morgan fingerprint density at radius 2 is 2.20 bits per heavy atom. The van der Waals surface area contributed by atoms with Gasteiger partial charge < -0.3 is 5.32 Å². The largest absolute Gasteiger partial charge is 0.320 e. The third kappa shape index (κ3) is 4.54. The highest BCUT2D eigenvalue weighted by atomic mass is 16.2. The first-order valence-electron chi connectivity index (χ1n) is 7.25. The predicted molar refractivity (Wildman–Crippen MR) is 78.4 cm³/mol. The van der Waals surface area contributed by atoms with E-state index in [1.165, 1.54) is 19.3 Å². The van der Waals surface area contributed by atoms with Crippen LogP contribution in [0.15, 0.2) is 18.5 Å². The number of aromatic nitrogens is 2. The zero-order valence-electron chi connectivity index (χ0n) is 12.0. The Morgan fingerprint density at radius 3 is 2.95 bits per heavy atom. The van der Waals surface area contributed by atoms with Gasteiger partial charge in [0.05, 0.1) is 6.54 Å². The van der Waals surface area contributed by atoms with E-state index in [4.69, 9.17) is 0 Å². The fourth-order valence-corrected chi connectivity index (χ4v) is 2.62. The number of hydrogen-bond donors (Lipinski definition) is 2. The van der Waals surface area contributed by atoms with E-state index in [-0.39, 0.29) is 5.91 Å². The van der Waals surface area contributed by atoms with Crippen LogP contribution in [0.2, 0.25) is 0 Å². The Hall–Kier alpha value is -1.53. The van der Waals surface area contributed by atoms with Crippen LogP contribution < -0.4 is 10.6 Å². The predicted octanol–water partition coefficient (Wildman–Crippen LogP) is 0.879. The molecule has 1 aliphatic heterocycles. The summed E-state index contributed by atoms with van der Waals surface area (Å²) in [7, 11) is 1.96. The van der Waals surface area contributed by atoms with Crippen molar-refractivity contribution in [2.24, 2.45) is 0 Å². The summed E-state index contributed by atoms with van der Waals surface area (Å²) in [6.45, 7) is 2.41. The number of nitrogens with one attached hydrogen (secondary N) is 2. The summed E-state index contributed by atoms with van der Waals surface area (Å²) in [5, 5.41) is 5.93. The summed E-state index contributed by atoms with van der Waals surface area (Å²) < 4.78 is 0. The van der Waals surface area contributed by atoms with Crippen molar-refractivity contribution in [2.75, 3.05) is 32.0 Å². The minimum absolute atomic E-state index is 0.0347. The Morgan fingerprint density at radius 1 is 1.40 bits per heavy atom. The molecule has 0 spiro atoms. The molecule has 1 fully saturated rings. The molecular weight excluding hydrogens is 254 g/mol. The van der Waals surface area contributed by atoms with Crippen LogP contribution in [0.4, 0.5) is 5.95 Å². The highest BCUT2D eigenvalue weighted by molar-refractivity contribution is 5.90. The number of anilines is 1. The fourth-order valence-electron chi connectivity index (χ4n) is 2.62. The molecule has 1 aromatic heterocycles. The molecule has 2 N–H and O–H groups in total. The maximum absolute atomic E-state index is 12.1. The fraction of sp³-hybridized carbons (Fsp3) is 0.643. The number of hydrogen-bond acceptors (Lipinski definition) is 5. The molecule has 1 atom stereocenters. The Bertz CT molecular complexity index is 411. The highest BCUT2D eigenvalue weighted by Crippen LogP contribution is 2.19. The van der Waals surface area contributed by atoms with Crippen molar-refractivity contribution in [3.8, 4) is 0 Å². The number of rotatable bonds is 6. The van der Waals surface area contributed by atoms with Crippen LogP contribution in [-0.2, 0) is 4.79 Å². The number of piperidine rings is 1. The monoisotopic (exact) mass is 277 g/mol. The van der Waals surface area contributed by atoms with Gasteiger partial charge in [-0.05, 0) is 45.5 Å². The zero-order valence-corrected chi connectivity index (χ0v) is 12.0. The van der Waals surface area contributed by atoms with Crippen LogP contribution >= 0.6 is 0 Å². The van der Waals surface area contributed by atoms with Gasteiger partial charge in [-0.15, -0.1) is 0 Å². The summed E-state index contributed by atoms with van der Waals surface area (Å²) in [6, 6.07) is 2.23. The van der Waals surface area contributed by atoms with Gasteiger partial charge in [-0.25, -0.2) is 9.97 Å². The summed E-state index contributed by atoms with van der Waals surface area (Å²) >= 11 is 0. The van der Waals surface area contributed by atoms with Crippen molar-refractivity contribution in [3.63, 3.8) is 0 Å².